The Morgan fingerprint density at radius 2 is 1.94 bits per heavy atom. The molecule has 0 aromatic rings. The summed E-state index contributed by atoms with van der Waals surface area (Å²) in [6.07, 6.45) is 0.677. The molecule has 2 N–H and O–H groups in total. The summed E-state index contributed by atoms with van der Waals surface area (Å²) in [5, 5.41) is 8.76. The number of sulfonamides is 1. The Hall–Kier alpha value is -1.15. The fourth-order valence-electron chi connectivity index (χ4n) is 1.14. The molecular formula is C9H17NO6S. The first-order chi connectivity index (χ1) is 7.82. The van der Waals surface area contributed by atoms with E-state index >= 15 is 0 Å². The summed E-state index contributed by atoms with van der Waals surface area (Å²) < 4.78 is 29.3. The van der Waals surface area contributed by atoms with Crippen molar-refractivity contribution in [1.29, 1.82) is 0 Å². The molecule has 0 aromatic heterocycles. The highest BCUT2D eigenvalue weighted by Crippen LogP contribution is 2.00. The zero-order valence-corrected chi connectivity index (χ0v) is 10.6. The Kier molecular flexibility index (Phi) is 6.74. The highest BCUT2D eigenvalue weighted by atomic mass is 32.2. The lowest BCUT2D eigenvalue weighted by atomic mass is 10.2. The monoisotopic (exact) mass is 267 g/mol. The van der Waals surface area contributed by atoms with Crippen molar-refractivity contribution in [3.63, 3.8) is 0 Å². The second kappa shape index (κ2) is 7.23. The molecule has 0 heterocycles. The molecule has 0 saturated carbocycles. The third kappa shape index (κ3) is 6.90. The lowest BCUT2D eigenvalue weighted by molar-refractivity contribution is -0.141. The minimum absolute atomic E-state index is 0.0751. The van der Waals surface area contributed by atoms with E-state index in [4.69, 9.17) is 5.11 Å². The number of carbonyl (C=O) groups excluding carboxylic acids is 1. The molecule has 0 fully saturated rings. The van der Waals surface area contributed by atoms with Crippen LogP contribution in [0.5, 0.6) is 0 Å². The maximum Gasteiger partial charge on any atom is 0.322 e. The molecule has 0 amide bonds. The molecule has 0 aliphatic heterocycles. The van der Waals surface area contributed by atoms with Crippen LogP contribution in [0.2, 0.25) is 0 Å². The van der Waals surface area contributed by atoms with Crippen LogP contribution in [0.15, 0.2) is 0 Å². The molecule has 0 spiro atoms. The van der Waals surface area contributed by atoms with Crippen molar-refractivity contribution in [3.8, 4) is 0 Å². The van der Waals surface area contributed by atoms with Gasteiger partial charge in [0.1, 0.15) is 6.04 Å². The number of hydrogen-bond acceptors (Lipinski definition) is 5. The van der Waals surface area contributed by atoms with E-state index in [0.717, 1.165) is 0 Å². The van der Waals surface area contributed by atoms with E-state index in [1.54, 1.807) is 13.8 Å². The van der Waals surface area contributed by atoms with Crippen LogP contribution < -0.4 is 4.72 Å². The standard InChI is InChI=1S/C9H17NO6S/c1-3-5-7(9(12)13)10-17(14,15)6-8(11)16-4-2/h7,10H,3-6H2,1-2H3,(H,12,13)/t7-/m1/s1. The topological polar surface area (TPSA) is 110 Å². The quantitative estimate of drug-likeness (QED) is 0.585. The van der Waals surface area contributed by atoms with Crippen LogP contribution in [0.3, 0.4) is 0 Å². The number of carbonyl (C=O) groups is 2. The largest absolute Gasteiger partial charge is 0.480 e. The van der Waals surface area contributed by atoms with Gasteiger partial charge in [0.05, 0.1) is 6.61 Å². The molecule has 1 atom stereocenters. The number of carboxylic acid groups (broad SMARTS) is 1. The van der Waals surface area contributed by atoms with Crippen molar-refractivity contribution >= 4 is 22.0 Å². The molecule has 0 aliphatic carbocycles. The zero-order chi connectivity index (χ0) is 13.5. The Labute approximate surface area is 100 Å². The molecule has 0 bridgehead atoms. The van der Waals surface area contributed by atoms with E-state index in [1.807, 2.05) is 4.72 Å². The van der Waals surface area contributed by atoms with Crippen LogP contribution >= 0.6 is 0 Å². The Morgan fingerprint density at radius 3 is 2.35 bits per heavy atom. The summed E-state index contributed by atoms with van der Waals surface area (Å²) >= 11 is 0. The first-order valence-corrected chi connectivity index (χ1v) is 6.86. The molecule has 0 saturated heterocycles. The van der Waals surface area contributed by atoms with Gasteiger partial charge in [0, 0.05) is 0 Å². The summed E-state index contributed by atoms with van der Waals surface area (Å²) in [6.45, 7) is 3.36. The average molecular weight is 267 g/mol. The van der Waals surface area contributed by atoms with Crippen LogP contribution in [0.1, 0.15) is 26.7 Å². The van der Waals surface area contributed by atoms with Gasteiger partial charge >= 0.3 is 11.9 Å². The van der Waals surface area contributed by atoms with Crippen molar-refractivity contribution in [1.82, 2.24) is 4.72 Å². The number of ether oxygens (including phenoxy) is 1. The molecule has 17 heavy (non-hydrogen) atoms. The van der Waals surface area contributed by atoms with E-state index in [9.17, 15) is 18.0 Å². The predicted octanol–water partition coefficient (Wildman–Crippen LogP) is -0.278. The molecule has 0 unspecified atom stereocenters. The van der Waals surface area contributed by atoms with Crippen LogP contribution in [0.25, 0.3) is 0 Å². The third-order valence-corrected chi connectivity index (χ3v) is 3.07. The lowest BCUT2D eigenvalue weighted by Gasteiger charge is -2.13. The zero-order valence-electron chi connectivity index (χ0n) is 9.80. The Morgan fingerprint density at radius 1 is 1.35 bits per heavy atom. The van der Waals surface area contributed by atoms with E-state index in [1.165, 1.54) is 0 Å². The van der Waals surface area contributed by atoms with Gasteiger partial charge in [0.2, 0.25) is 10.0 Å². The fraction of sp³-hybridized carbons (Fsp3) is 0.778. The van der Waals surface area contributed by atoms with Crippen molar-refractivity contribution in [3.05, 3.63) is 0 Å². The predicted molar refractivity (Wildman–Crippen MR) is 59.9 cm³/mol. The van der Waals surface area contributed by atoms with Crippen LogP contribution in [-0.4, -0.2) is 43.9 Å². The summed E-state index contributed by atoms with van der Waals surface area (Å²) in [4.78, 5) is 21.7. The number of esters is 1. The van der Waals surface area contributed by atoms with Gasteiger partial charge in [-0.05, 0) is 13.3 Å². The SMILES string of the molecule is CCC[C@@H](NS(=O)(=O)CC(=O)OCC)C(=O)O. The average Bonchev–Trinajstić information content (AvgIpc) is 2.15. The van der Waals surface area contributed by atoms with Gasteiger partial charge in [-0.15, -0.1) is 0 Å². The Bertz CT molecular complexity index is 364. The van der Waals surface area contributed by atoms with Crippen molar-refractivity contribution < 1.29 is 27.9 Å². The molecular weight excluding hydrogens is 250 g/mol. The van der Waals surface area contributed by atoms with Gasteiger partial charge in [0.15, 0.2) is 5.75 Å². The third-order valence-electron chi connectivity index (χ3n) is 1.81. The minimum Gasteiger partial charge on any atom is -0.480 e. The highest BCUT2D eigenvalue weighted by Gasteiger charge is 2.25. The van der Waals surface area contributed by atoms with E-state index in [0.29, 0.717) is 6.42 Å². The van der Waals surface area contributed by atoms with Gasteiger partial charge in [-0.3, -0.25) is 9.59 Å². The van der Waals surface area contributed by atoms with Gasteiger partial charge in [-0.2, -0.15) is 0 Å². The molecule has 0 rings (SSSR count). The summed E-state index contributed by atoms with van der Waals surface area (Å²) in [6, 6.07) is -1.21. The molecule has 0 aliphatic rings. The lowest BCUT2D eigenvalue weighted by Crippen LogP contribution is -2.43. The summed E-state index contributed by atoms with van der Waals surface area (Å²) in [5.74, 6) is -3.03. The smallest absolute Gasteiger partial charge is 0.322 e. The number of hydrogen-bond donors (Lipinski definition) is 2. The van der Waals surface area contributed by atoms with E-state index < -0.39 is 33.8 Å². The Balaban J connectivity index is 4.50. The van der Waals surface area contributed by atoms with Crippen molar-refractivity contribution in [2.75, 3.05) is 12.4 Å². The molecule has 7 nitrogen and oxygen atoms in total. The van der Waals surface area contributed by atoms with Crippen LogP contribution in [0.4, 0.5) is 0 Å². The second-order valence-electron chi connectivity index (χ2n) is 3.36. The number of rotatable bonds is 8. The van der Waals surface area contributed by atoms with E-state index in [2.05, 4.69) is 4.74 Å². The number of nitrogens with one attached hydrogen (secondary N) is 1. The number of carboxylic acids is 1. The van der Waals surface area contributed by atoms with Crippen molar-refractivity contribution in [2.45, 2.75) is 32.7 Å². The first kappa shape index (κ1) is 15.9. The van der Waals surface area contributed by atoms with E-state index in [-0.39, 0.29) is 13.0 Å². The first-order valence-electron chi connectivity index (χ1n) is 5.20. The van der Waals surface area contributed by atoms with Gasteiger partial charge in [0.25, 0.3) is 0 Å². The highest BCUT2D eigenvalue weighted by molar-refractivity contribution is 7.90. The van der Waals surface area contributed by atoms with Crippen LogP contribution in [-0.2, 0) is 24.3 Å². The fourth-order valence-corrected chi connectivity index (χ4v) is 2.27. The van der Waals surface area contributed by atoms with Crippen LogP contribution in [0, 0.1) is 0 Å². The van der Waals surface area contributed by atoms with Gasteiger partial charge in [-0.25, -0.2) is 13.1 Å². The maximum atomic E-state index is 11.4. The maximum absolute atomic E-state index is 11.4. The molecule has 100 valence electrons. The second-order valence-corrected chi connectivity index (χ2v) is 5.12. The molecule has 0 aromatic carbocycles. The minimum atomic E-state index is -3.97. The molecule has 8 heteroatoms. The number of aliphatic carboxylic acids is 1. The van der Waals surface area contributed by atoms with Crippen molar-refractivity contribution in [2.24, 2.45) is 0 Å². The molecule has 0 radical (unpaired) electrons. The normalized spacial score (nSPS) is 13.1. The van der Waals surface area contributed by atoms with Gasteiger partial charge < -0.3 is 9.84 Å². The summed E-state index contributed by atoms with van der Waals surface area (Å²) in [7, 11) is -3.97. The summed E-state index contributed by atoms with van der Waals surface area (Å²) in [5.41, 5.74) is 0. The van der Waals surface area contributed by atoms with Gasteiger partial charge in [-0.1, -0.05) is 13.3 Å².